The van der Waals surface area contributed by atoms with Crippen molar-refractivity contribution in [2.75, 3.05) is 0 Å². The van der Waals surface area contributed by atoms with E-state index in [9.17, 15) is 0 Å². The van der Waals surface area contributed by atoms with Gasteiger partial charge in [-0.1, -0.05) is 61.9 Å². The van der Waals surface area contributed by atoms with Crippen LogP contribution >= 0.6 is 0 Å². The Kier molecular flexibility index (Phi) is 4.05. The molecule has 0 saturated heterocycles. The van der Waals surface area contributed by atoms with Crippen molar-refractivity contribution in [3.63, 3.8) is 0 Å². The molecule has 4 heteroatoms. The fourth-order valence-electron chi connectivity index (χ4n) is 2.41. The average molecular weight is 278 g/mol. The van der Waals surface area contributed by atoms with Crippen LogP contribution in [-0.2, 0) is 6.42 Å². The van der Waals surface area contributed by atoms with Gasteiger partial charge in [-0.05, 0) is 34.9 Å². The summed E-state index contributed by atoms with van der Waals surface area (Å²) in [5.41, 5.74) is 3.37. The van der Waals surface area contributed by atoms with Crippen LogP contribution in [0, 0.1) is 0 Å². The van der Waals surface area contributed by atoms with Crippen LogP contribution in [0.5, 0.6) is 0 Å². The number of hydrogen-bond donors (Lipinski definition) is 0. The Labute approximate surface area is 124 Å². The molecule has 0 saturated carbocycles. The van der Waals surface area contributed by atoms with Gasteiger partial charge < -0.3 is 0 Å². The number of unbranched alkanes of at least 4 members (excludes halogenated alkanes) is 1. The second kappa shape index (κ2) is 6.31. The Balaban J connectivity index is 2.05. The first-order chi connectivity index (χ1) is 10.4. The molecule has 0 aliphatic heterocycles. The van der Waals surface area contributed by atoms with Crippen molar-refractivity contribution in [2.24, 2.45) is 0 Å². The average Bonchev–Trinajstić information content (AvgIpc) is 3.03. The zero-order valence-corrected chi connectivity index (χ0v) is 12.1. The lowest BCUT2D eigenvalue weighted by atomic mass is 10.1. The molecule has 0 bridgehead atoms. The Morgan fingerprint density at radius 1 is 0.952 bits per heavy atom. The molecule has 4 nitrogen and oxygen atoms in total. The highest BCUT2D eigenvalue weighted by Crippen LogP contribution is 2.22. The fourth-order valence-corrected chi connectivity index (χ4v) is 2.41. The molecule has 0 amide bonds. The summed E-state index contributed by atoms with van der Waals surface area (Å²) >= 11 is 0. The van der Waals surface area contributed by atoms with E-state index < -0.39 is 0 Å². The maximum Gasteiger partial charge on any atom is 0.187 e. The van der Waals surface area contributed by atoms with Gasteiger partial charge in [0.25, 0.3) is 0 Å². The number of nitrogens with zero attached hydrogens (tertiary/aromatic N) is 4. The molecule has 0 N–H and O–H groups in total. The Hall–Kier alpha value is -2.49. The zero-order chi connectivity index (χ0) is 14.5. The molecule has 106 valence electrons. The molecule has 21 heavy (non-hydrogen) atoms. The van der Waals surface area contributed by atoms with E-state index in [1.54, 1.807) is 0 Å². The Bertz CT molecular complexity index is 704. The number of tetrazole rings is 1. The van der Waals surface area contributed by atoms with Gasteiger partial charge in [-0.15, -0.1) is 5.10 Å². The van der Waals surface area contributed by atoms with Crippen LogP contribution in [0.1, 0.15) is 25.3 Å². The highest BCUT2D eigenvalue weighted by Gasteiger charge is 2.12. The van der Waals surface area contributed by atoms with Gasteiger partial charge in [-0.25, -0.2) is 0 Å². The van der Waals surface area contributed by atoms with Crippen molar-refractivity contribution in [3.8, 4) is 17.1 Å². The van der Waals surface area contributed by atoms with Gasteiger partial charge >= 0.3 is 0 Å². The predicted molar refractivity (Wildman–Crippen MR) is 83.2 cm³/mol. The maximum absolute atomic E-state index is 4.19. The lowest BCUT2D eigenvalue weighted by Crippen LogP contribution is -2.04. The van der Waals surface area contributed by atoms with Crippen LogP contribution in [0.3, 0.4) is 0 Å². The van der Waals surface area contributed by atoms with E-state index in [0.29, 0.717) is 0 Å². The van der Waals surface area contributed by atoms with Gasteiger partial charge in [-0.3, -0.25) is 0 Å². The molecule has 3 aromatic rings. The Morgan fingerprint density at radius 3 is 2.52 bits per heavy atom. The minimum Gasteiger partial charge on any atom is -0.193 e. The van der Waals surface area contributed by atoms with Crippen molar-refractivity contribution in [1.29, 1.82) is 0 Å². The number of aryl methyl sites for hydroxylation is 1. The van der Waals surface area contributed by atoms with Crippen molar-refractivity contribution in [1.82, 2.24) is 20.2 Å². The summed E-state index contributed by atoms with van der Waals surface area (Å²) in [5, 5.41) is 12.2. The highest BCUT2D eigenvalue weighted by molar-refractivity contribution is 5.58. The highest BCUT2D eigenvalue weighted by atomic mass is 15.5. The third-order valence-electron chi connectivity index (χ3n) is 3.52. The van der Waals surface area contributed by atoms with Crippen molar-refractivity contribution < 1.29 is 0 Å². The Morgan fingerprint density at radius 2 is 1.71 bits per heavy atom. The van der Waals surface area contributed by atoms with Crippen LogP contribution in [0.25, 0.3) is 17.1 Å². The van der Waals surface area contributed by atoms with E-state index in [1.165, 1.54) is 18.4 Å². The topological polar surface area (TPSA) is 43.6 Å². The van der Waals surface area contributed by atoms with E-state index in [0.717, 1.165) is 23.5 Å². The van der Waals surface area contributed by atoms with E-state index in [4.69, 9.17) is 0 Å². The van der Waals surface area contributed by atoms with Crippen molar-refractivity contribution in [3.05, 3.63) is 60.2 Å². The molecule has 3 rings (SSSR count). The molecular weight excluding hydrogens is 260 g/mol. The largest absolute Gasteiger partial charge is 0.193 e. The van der Waals surface area contributed by atoms with E-state index in [-0.39, 0.29) is 0 Å². The first kappa shape index (κ1) is 13.5. The number of benzene rings is 2. The van der Waals surface area contributed by atoms with Crippen molar-refractivity contribution in [2.45, 2.75) is 26.2 Å². The lowest BCUT2D eigenvalue weighted by Gasteiger charge is -2.10. The first-order valence-electron chi connectivity index (χ1n) is 7.32. The van der Waals surface area contributed by atoms with Crippen LogP contribution in [0.15, 0.2) is 54.6 Å². The van der Waals surface area contributed by atoms with E-state index in [2.05, 4.69) is 40.6 Å². The summed E-state index contributed by atoms with van der Waals surface area (Å²) in [6.07, 6.45) is 3.38. The number of rotatable bonds is 5. The maximum atomic E-state index is 4.19. The zero-order valence-electron chi connectivity index (χ0n) is 12.1. The molecule has 0 spiro atoms. The summed E-state index contributed by atoms with van der Waals surface area (Å²) in [4.78, 5) is 0. The van der Waals surface area contributed by atoms with Crippen LogP contribution in [0.2, 0.25) is 0 Å². The standard InChI is InChI=1S/C17H18N4/c1-2-3-9-14-10-7-8-13-16(14)21-17(18-19-20-21)15-11-5-4-6-12-15/h4-8,10-13H,2-3,9H2,1H3. The van der Waals surface area contributed by atoms with Gasteiger partial charge in [0.15, 0.2) is 5.82 Å². The monoisotopic (exact) mass is 278 g/mol. The second-order valence-electron chi connectivity index (χ2n) is 5.01. The normalized spacial score (nSPS) is 10.7. The summed E-state index contributed by atoms with van der Waals surface area (Å²) in [7, 11) is 0. The number of para-hydroxylation sites is 1. The van der Waals surface area contributed by atoms with E-state index in [1.807, 2.05) is 41.1 Å². The first-order valence-corrected chi connectivity index (χ1v) is 7.32. The molecule has 0 atom stereocenters. The molecule has 0 aliphatic rings. The summed E-state index contributed by atoms with van der Waals surface area (Å²) in [6.45, 7) is 2.20. The summed E-state index contributed by atoms with van der Waals surface area (Å²) in [6, 6.07) is 18.4. The number of hydrogen-bond acceptors (Lipinski definition) is 3. The third-order valence-corrected chi connectivity index (χ3v) is 3.52. The number of aromatic nitrogens is 4. The van der Waals surface area contributed by atoms with Crippen LogP contribution in [-0.4, -0.2) is 20.2 Å². The van der Waals surface area contributed by atoms with Gasteiger partial charge in [0, 0.05) is 5.56 Å². The third kappa shape index (κ3) is 2.84. The molecule has 0 fully saturated rings. The lowest BCUT2D eigenvalue weighted by molar-refractivity contribution is 0.757. The van der Waals surface area contributed by atoms with Gasteiger partial charge in [-0.2, -0.15) is 4.68 Å². The SMILES string of the molecule is CCCCc1ccccc1-n1nnnc1-c1ccccc1. The molecular formula is C17H18N4. The molecule has 0 unspecified atom stereocenters. The smallest absolute Gasteiger partial charge is 0.187 e. The minimum absolute atomic E-state index is 0.777. The molecule has 0 aliphatic carbocycles. The van der Waals surface area contributed by atoms with Gasteiger partial charge in [0.05, 0.1) is 5.69 Å². The minimum atomic E-state index is 0.777. The quantitative estimate of drug-likeness (QED) is 0.715. The van der Waals surface area contributed by atoms with Crippen LogP contribution < -0.4 is 0 Å². The predicted octanol–water partition coefficient (Wildman–Crippen LogP) is 3.67. The molecule has 1 heterocycles. The van der Waals surface area contributed by atoms with E-state index >= 15 is 0 Å². The summed E-state index contributed by atoms with van der Waals surface area (Å²) < 4.78 is 1.83. The van der Waals surface area contributed by atoms with Crippen LogP contribution in [0.4, 0.5) is 0 Å². The molecule has 0 radical (unpaired) electrons. The fraction of sp³-hybridized carbons (Fsp3) is 0.235. The van der Waals surface area contributed by atoms with Crippen molar-refractivity contribution >= 4 is 0 Å². The van der Waals surface area contributed by atoms with Gasteiger partial charge in [0.1, 0.15) is 0 Å². The summed E-state index contributed by atoms with van der Waals surface area (Å²) in [5.74, 6) is 0.777. The van der Waals surface area contributed by atoms with Gasteiger partial charge in [0.2, 0.25) is 0 Å². The second-order valence-corrected chi connectivity index (χ2v) is 5.01. The molecule has 1 aromatic heterocycles. The molecule has 2 aromatic carbocycles.